The standard InChI is InChI=1S/C42H43N5O4/c1-26-14-16-27(17-15-26)20-28-24-45(36(48)22-29-21-30-8-6-18-46(30)41(29)32-10-2-4-12-34(32)43-38(41)50)25-40(37(28)49)23-31-9-7-19-47(31)42(40)33-11-3-5-13-35(33)44-39(42)51/h2-5,10-17,20,29-31H,6-9,18-19,21-25H2,1H3,(H,43,50)(H,44,51)/b28-20+/t29-,30-,31-,40+,41-,42+/m1/s1. The third kappa shape index (κ3) is 3.99. The number of hydrogen-bond donors (Lipinski definition) is 2. The molecule has 10 rings (SSSR count). The summed E-state index contributed by atoms with van der Waals surface area (Å²) in [5.74, 6) is -0.511. The summed E-state index contributed by atoms with van der Waals surface area (Å²) in [6.07, 6.45) is 7.34. The minimum Gasteiger partial charge on any atom is -0.337 e. The lowest BCUT2D eigenvalue weighted by molar-refractivity contribution is -0.151. The maximum Gasteiger partial charge on any atom is 0.250 e. The van der Waals surface area contributed by atoms with Crippen LogP contribution in [0.5, 0.6) is 0 Å². The molecule has 0 unspecified atom stereocenters. The second-order valence-corrected chi connectivity index (χ2v) is 16.0. The summed E-state index contributed by atoms with van der Waals surface area (Å²) in [7, 11) is 0. The number of piperidine rings is 1. The maximum absolute atomic E-state index is 15.3. The van der Waals surface area contributed by atoms with Gasteiger partial charge in [0.25, 0.3) is 5.91 Å². The molecule has 7 aliphatic heterocycles. The summed E-state index contributed by atoms with van der Waals surface area (Å²) in [4.78, 5) is 65.7. The molecule has 0 aromatic heterocycles. The van der Waals surface area contributed by atoms with Crippen molar-refractivity contribution in [3.8, 4) is 0 Å². The second kappa shape index (κ2) is 11.0. The molecule has 7 aliphatic rings. The first-order valence-electron chi connectivity index (χ1n) is 18.7. The van der Waals surface area contributed by atoms with Crippen LogP contribution in [0.25, 0.3) is 6.08 Å². The van der Waals surface area contributed by atoms with Crippen molar-refractivity contribution < 1.29 is 19.2 Å². The van der Waals surface area contributed by atoms with E-state index in [9.17, 15) is 9.59 Å². The van der Waals surface area contributed by atoms with Crippen LogP contribution in [0.4, 0.5) is 11.4 Å². The van der Waals surface area contributed by atoms with Crippen molar-refractivity contribution in [1.82, 2.24) is 14.7 Å². The Balaban J connectivity index is 1.09. The highest BCUT2D eigenvalue weighted by Crippen LogP contribution is 2.64. The van der Waals surface area contributed by atoms with Crippen LogP contribution in [0.2, 0.25) is 0 Å². The zero-order chi connectivity index (χ0) is 34.7. The van der Waals surface area contributed by atoms with E-state index in [1.165, 1.54) is 0 Å². The average molecular weight is 682 g/mol. The van der Waals surface area contributed by atoms with Gasteiger partial charge < -0.3 is 15.5 Å². The first-order valence-corrected chi connectivity index (χ1v) is 18.7. The van der Waals surface area contributed by atoms with E-state index in [0.717, 1.165) is 78.8 Å². The minimum absolute atomic E-state index is 0.0320. The number of para-hydroxylation sites is 2. The molecular weight excluding hydrogens is 638 g/mol. The van der Waals surface area contributed by atoms with E-state index in [4.69, 9.17) is 0 Å². The largest absolute Gasteiger partial charge is 0.337 e. The summed E-state index contributed by atoms with van der Waals surface area (Å²) >= 11 is 0. The first kappa shape index (κ1) is 31.2. The van der Waals surface area contributed by atoms with Crippen LogP contribution in [0, 0.1) is 18.3 Å². The van der Waals surface area contributed by atoms with Crippen molar-refractivity contribution in [3.63, 3.8) is 0 Å². The quantitative estimate of drug-likeness (QED) is 0.368. The van der Waals surface area contributed by atoms with Crippen molar-refractivity contribution in [3.05, 3.63) is 101 Å². The van der Waals surface area contributed by atoms with Gasteiger partial charge in [-0.1, -0.05) is 66.2 Å². The van der Waals surface area contributed by atoms with Gasteiger partial charge in [-0.05, 0) is 82.3 Å². The van der Waals surface area contributed by atoms with Crippen LogP contribution >= 0.6 is 0 Å². The van der Waals surface area contributed by atoms with Gasteiger partial charge in [0.15, 0.2) is 5.78 Å². The zero-order valence-corrected chi connectivity index (χ0v) is 29.0. The van der Waals surface area contributed by atoms with Crippen LogP contribution in [-0.2, 0) is 30.3 Å². The van der Waals surface area contributed by atoms with Gasteiger partial charge in [-0.3, -0.25) is 29.0 Å². The molecule has 3 aromatic rings. The SMILES string of the molecule is Cc1ccc(/C=C2\CN(C(=O)C[C@H]3C[C@H]4CCCN4[C@]34C(=O)Nc3ccccc34)C[C@@]3(C[C@H]4CCCN4[C@@]34C(=O)Nc3ccccc34)C2=O)cc1. The Hall–Kier alpha value is -4.60. The number of rotatable bonds is 3. The Morgan fingerprint density at radius 2 is 1.49 bits per heavy atom. The highest BCUT2D eigenvalue weighted by atomic mass is 16.2. The number of nitrogens with one attached hydrogen (secondary N) is 2. The fourth-order valence-corrected chi connectivity index (χ4v) is 11.7. The molecular formula is C42H43N5O4. The summed E-state index contributed by atoms with van der Waals surface area (Å²) in [6.45, 7) is 3.93. The van der Waals surface area contributed by atoms with Crippen molar-refractivity contribution >= 4 is 41.0 Å². The molecule has 51 heavy (non-hydrogen) atoms. The van der Waals surface area contributed by atoms with Gasteiger partial charge in [-0.2, -0.15) is 0 Å². The van der Waals surface area contributed by atoms with Crippen molar-refractivity contribution in [2.45, 2.75) is 75.0 Å². The van der Waals surface area contributed by atoms with Gasteiger partial charge >= 0.3 is 0 Å². The zero-order valence-electron chi connectivity index (χ0n) is 29.0. The topological polar surface area (TPSA) is 102 Å². The molecule has 2 N–H and O–H groups in total. The monoisotopic (exact) mass is 681 g/mol. The number of nitrogens with zero attached hydrogens (tertiary/aromatic N) is 3. The Kier molecular flexibility index (Phi) is 6.69. The number of fused-ring (bicyclic) bond motifs is 9. The van der Waals surface area contributed by atoms with E-state index in [2.05, 4.69) is 20.4 Å². The van der Waals surface area contributed by atoms with E-state index in [0.29, 0.717) is 12.0 Å². The fourth-order valence-electron chi connectivity index (χ4n) is 11.7. The maximum atomic E-state index is 15.3. The second-order valence-electron chi connectivity index (χ2n) is 16.0. The molecule has 260 valence electrons. The normalized spacial score (nSPS) is 34.5. The molecule has 5 fully saturated rings. The molecule has 0 aliphatic carbocycles. The van der Waals surface area contributed by atoms with E-state index in [1.807, 2.05) is 90.7 Å². The molecule has 9 nitrogen and oxygen atoms in total. The number of Topliss-reactive ketones (excluding diaryl/α,β-unsaturated/α-hetero) is 1. The minimum atomic E-state index is -1.21. The van der Waals surface area contributed by atoms with Gasteiger partial charge in [0.1, 0.15) is 11.1 Å². The van der Waals surface area contributed by atoms with Gasteiger partial charge in [-0.15, -0.1) is 0 Å². The lowest BCUT2D eigenvalue weighted by Gasteiger charge is -2.50. The van der Waals surface area contributed by atoms with E-state index in [-0.39, 0.29) is 61.0 Å². The predicted molar refractivity (Wildman–Crippen MR) is 193 cm³/mol. The summed E-state index contributed by atoms with van der Waals surface area (Å²) in [5, 5.41) is 6.34. The number of carbonyl (C=O) groups is 4. The van der Waals surface area contributed by atoms with Crippen LogP contribution in [0.1, 0.15) is 67.2 Å². The average Bonchev–Trinajstić information content (AvgIpc) is 3.96. The number of likely N-dealkylation sites (tertiary alicyclic amines) is 1. The molecule has 3 amide bonds. The van der Waals surface area contributed by atoms with Crippen LogP contribution in [0.3, 0.4) is 0 Å². The van der Waals surface area contributed by atoms with Crippen LogP contribution in [0.15, 0.2) is 78.4 Å². The van der Waals surface area contributed by atoms with Crippen molar-refractivity contribution in [1.29, 1.82) is 0 Å². The number of hydrogen-bond acceptors (Lipinski definition) is 6. The molecule has 6 atom stereocenters. The predicted octanol–water partition coefficient (Wildman–Crippen LogP) is 5.21. The molecule has 0 radical (unpaired) electrons. The highest BCUT2D eigenvalue weighted by molar-refractivity contribution is 6.16. The summed E-state index contributed by atoms with van der Waals surface area (Å²) in [5.41, 5.74) is 2.69. The van der Waals surface area contributed by atoms with E-state index >= 15 is 9.59 Å². The van der Waals surface area contributed by atoms with E-state index in [1.54, 1.807) is 0 Å². The van der Waals surface area contributed by atoms with Gasteiger partial charge in [0.05, 0.1) is 5.41 Å². The lowest BCUT2D eigenvalue weighted by Crippen LogP contribution is -2.65. The number of amides is 3. The third-order valence-corrected chi connectivity index (χ3v) is 13.6. The Morgan fingerprint density at radius 1 is 0.824 bits per heavy atom. The molecule has 9 heteroatoms. The van der Waals surface area contributed by atoms with Crippen LogP contribution < -0.4 is 10.6 Å². The molecule has 0 bridgehead atoms. The Bertz CT molecular complexity index is 2060. The van der Waals surface area contributed by atoms with Gasteiger partial charge in [-0.25, -0.2) is 0 Å². The van der Waals surface area contributed by atoms with Gasteiger partial charge in [0.2, 0.25) is 11.8 Å². The Labute approximate surface area is 298 Å². The number of carbonyl (C=O) groups excluding carboxylic acids is 4. The molecule has 3 aromatic carbocycles. The van der Waals surface area contributed by atoms with Crippen molar-refractivity contribution in [2.75, 3.05) is 36.8 Å². The molecule has 7 heterocycles. The smallest absolute Gasteiger partial charge is 0.250 e. The molecule has 3 spiro atoms. The molecule has 5 saturated heterocycles. The molecule has 0 saturated carbocycles. The number of benzene rings is 3. The first-order chi connectivity index (χ1) is 24.8. The fraction of sp³-hybridized carbons (Fsp3) is 0.429. The number of ketones is 1. The number of aryl methyl sites for hydroxylation is 1. The highest BCUT2D eigenvalue weighted by Gasteiger charge is 2.75. The third-order valence-electron chi connectivity index (χ3n) is 13.6. The Morgan fingerprint density at radius 3 is 2.27 bits per heavy atom. The lowest BCUT2D eigenvalue weighted by atomic mass is 9.60. The van der Waals surface area contributed by atoms with Gasteiger partial charge in [0, 0.05) is 65.6 Å². The van der Waals surface area contributed by atoms with E-state index < -0.39 is 16.5 Å². The van der Waals surface area contributed by atoms with Crippen LogP contribution in [-0.4, -0.2) is 76.5 Å². The summed E-state index contributed by atoms with van der Waals surface area (Å²) in [6, 6.07) is 24.1. The number of anilines is 2. The summed E-state index contributed by atoms with van der Waals surface area (Å²) < 4.78 is 0. The van der Waals surface area contributed by atoms with Crippen molar-refractivity contribution in [2.24, 2.45) is 11.3 Å².